The Labute approximate surface area is 153 Å². The molecular formula is C21H35N3O. The van der Waals surface area contributed by atoms with Gasteiger partial charge >= 0.3 is 0 Å². The Morgan fingerprint density at radius 3 is 2.36 bits per heavy atom. The van der Waals surface area contributed by atoms with E-state index in [0.717, 1.165) is 45.6 Å². The second kappa shape index (κ2) is 5.56. The lowest BCUT2D eigenvalue weighted by molar-refractivity contribution is -0.146. The van der Waals surface area contributed by atoms with E-state index in [1.807, 2.05) is 0 Å². The van der Waals surface area contributed by atoms with Crippen LogP contribution in [-0.2, 0) is 4.79 Å². The molecule has 4 aliphatic rings. The van der Waals surface area contributed by atoms with E-state index in [1.165, 1.54) is 24.8 Å². The van der Waals surface area contributed by atoms with Crippen LogP contribution in [0.3, 0.4) is 0 Å². The fraction of sp³-hybridized carbons (Fsp3) is 0.857. The van der Waals surface area contributed by atoms with Crippen molar-refractivity contribution >= 4 is 5.91 Å². The van der Waals surface area contributed by atoms with Crippen LogP contribution in [0.2, 0.25) is 0 Å². The second-order valence-electron chi connectivity index (χ2n) is 9.90. The molecule has 1 spiro atoms. The molecule has 0 aromatic carbocycles. The minimum Gasteiger partial charge on any atom is -0.339 e. The largest absolute Gasteiger partial charge is 0.339 e. The molecule has 0 N–H and O–H groups in total. The summed E-state index contributed by atoms with van der Waals surface area (Å²) >= 11 is 0. The molecule has 2 heterocycles. The predicted octanol–water partition coefficient (Wildman–Crippen LogP) is 2.61. The van der Waals surface area contributed by atoms with Crippen LogP contribution in [0.25, 0.3) is 0 Å². The summed E-state index contributed by atoms with van der Waals surface area (Å²) in [5.41, 5.74) is 1.28. The predicted molar refractivity (Wildman–Crippen MR) is 101 cm³/mol. The molecule has 4 rings (SSSR count). The number of fused-ring (bicyclic) bond motifs is 2. The molecule has 2 aliphatic heterocycles. The first-order valence-electron chi connectivity index (χ1n) is 10.1. The molecule has 2 atom stereocenters. The van der Waals surface area contributed by atoms with E-state index < -0.39 is 0 Å². The van der Waals surface area contributed by atoms with Gasteiger partial charge in [-0.3, -0.25) is 9.69 Å². The molecule has 4 nitrogen and oxygen atoms in total. The maximum atomic E-state index is 13.7. The highest BCUT2D eigenvalue weighted by Gasteiger charge is 2.62. The number of piperidine rings is 1. The smallest absolute Gasteiger partial charge is 0.233 e. The van der Waals surface area contributed by atoms with Gasteiger partial charge < -0.3 is 9.80 Å². The van der Waals surface area contributed by atoms with E-state index in [-0.39, 0.29) is 16.4 Å². The first-order chi connectivity index (χ1) is 11.7. The molecule has 1 amide bonds. The van der Waals surface area contributed by atoms with Crippen LogP contribution in [0.15, 0.2) is 12.2 Å². The van der Waals surface area contributed by atoms with Gasteiger partial charge in [0, 0.05) is 25.2 Å². The van der Waals surface area contributed by atoms with Gasteiger partial charge in [0.15, 0.2) is 0 Å². The molecule has 0 unspecified atom stereocenters. The third-order valence-electron chi connectivity index (χ3n) is 8.51. The Bertz CT molecular complexity index is 590. The van der Waals surface area contributed by atoms with Crippen LogP contribution in [-0.4, -0.2) is 73.0 Å². The van der Waals surface area contributed by atoms with Crippen LogP contribution < -0.4 is 0 Å². The van der Waals surface area contributed by atoms with E-state index in [9.17, 15) is 4.79 Å². The van der Waals surface area contributed by atoms with Gasteiger partial charge in [-0.25, -0.2) is 0 Å². The van der Waals surface area contributed by atoms with Crippen molar-refractivity contribution in [3.63, 3.8) is 0 Å². The summed E-state index contributed by atoms with van der Waals surface area (Å²) in [6, 6.07) is 0. The number of carbonyl (C=O) groups is 1. The highest BCUT2D eigenvalue weighted by atomic mass is 16.2. The first-order valence-corrected chi connectivity index (χ1v) is 10.1. The molecule has 0 aromatic heterocycles. The molecule has 2 bridgehead atoms. The number of amides is 1. The topological polar surface area (TPSA) is 26.8 Å². The first kappa shape index (κ1) is 17.5. The van der Waals surface area contributed by atoms with Crippen LogP contribution >= 0.6 is 0 Å². The van der Waals surface area contributed by atoms with E-state index in [0.29, 0.717) is 11.8 Å². The Morgan fingerprint density at radius 2 is 1.76 bits per heavy atom. The summed E-state index contributed by atoms with van der Waals surface area (Å²) in [4.78, 5) is 20.9. The van der Waals surface area contributed by atoms with Crippen molar-refractivity contribution in [2.75, 3.05) is 46.8 Å². The van der Waals surface area contributed by atoms with Crippen LogP contribution in [0.1, 0.15) is 46.0 Å². The Hall–Kier alpha value is -0.870. The minimum atomic E-state index is -0.253. The number of rotatable bonds is 1. The molecular weight excluding hydrogens is 310 g/mol. The number of likely N-dealkylation sites (N-methyl/N-ethyl adjacent to an activating group) is 1. The standard InChI is InChI=1S/C21H35N3O/c1-16-19(2,3)17-6-7-21(16,14-17)18(25)24-13-12-23(5)20(15-24)8-10-22(4)11-9-20/h17H,1,6-15H2,2-5H3/t17-,21-/m0/s1. The van der Waals surface area contributed by atoms with Crippen molar-refractivity contribution in [1.82, 2.24) is 14.7 Å². The van der Waals surface area contributed by atoms with Gasteiger partial charge in [0.1, 0.15) is 0 Å². The van der Waals surface area contributed by atoms with E-state index >= 15 is 0 Å². The van der Waals surface area contributed by atoms with Crippen LogP contribution in [0.4, 0.5) is 0 Å². The fourth-order valence-corrected chi connectivity index (χ4v) is 6.24. The van der Waals surface area contributed by atoms with E-state index in [2.05, 4.69) is 49.2 Å². The molecule has 4 fully saturated rings. The highest BCUT2D eigenvalue weighted by Crippen LogP contribution is 2.66. The summed E-state index contributed by atoms with van der Waals surface area (Å²) in [6.45, 7) is 14.1. The Balaban J connectivity index is 1.56. The average Bonchev–Trinajstić information content (AvgIpc) is 3.12. The molecule has 140 valence electrons. The summed E-state index contributed by atoms with van der Waals surface area (Å²) in [7, 11) is 4.47. The lowest BCUT2D eigenvalue weighted by Crippen LogP contribution is -2.66. The minimum absolute atomic E-state index is 0.131. The van der Waals surface area contributed by atoms with Gasteiger partial charge in [0.2, 0.25) is 5.91 Å². The van der Waals surface area contributed by atoms with Gasteiger partial charge in [0.25, 0.3) is 0 Å². The van der Waals surface area contributed by atoms with Crippen LogP contribution in [0.5, 0.6) is 0 Å². The van der Waals surface area contributed by atoms with Gasteiger partial charge in [-0.1, -0.05) is 26.0 Å². The molecule has 2 saturated carbocycles. The maximum Gasteiger partial charge on any atom is 0.233 e. The van der Waals surface area contributed by atoms with Crippen molar-refractivity contribution in [2.45, 2.75) is 51.5 Å². The zero-order chi connectivity index (χ0) is 18.0. The highest BCUT2D eigenvalue weighted by molar-refractivity contribution is 5.88. The van der Waals surface area contributed by atoms with E-state index in [1.54, 1.807) is 0 Å². The Morgan fingerprint density at radius 1 is 1.08 bits per heavy atom. The van der Waals surface area contributed by atoms with Crippen molar-refractivity contribution in [2.24, 2.45) is 16.7 Å². The zero-order valence-electron chi connectivity index (χ0n) is 16.6. The number of hydrogen-bond acceptors (Lipinski definition) is 3. The molecule has 2 aliphatic carbocycles. The van der Waals surface area contributed by atoms with Crippen molar-refractivity contribution in [3.8, 4) is 0 Å². The molecule has 4 heteroatoms. The zero-order valence-corrected chi connectivity index (χ0v) is 16.6. The summed E-state index contributed by atoms with van der Waals surface area (Å²) < 4.78 is 0. The quantitative estimate of drug-likeness (QED) is 0.684. The average molecular weight is 346 g/mol. The summed E-state index contributed by atoms with van der Waals surface area (Å²) in [5, 5.41) is 0. The monoisotopic (exact) mass is 345 g/mol. The maximum absolute atomic E-state index is 13.7. The summed E-state index contributed by atoms with van der Waals surface area (Å²) in [6.07, 6.45) is 5.61. The molecule has 25 heavy (non-hydrogen) atoms. The lowest BCUT2D eigenvalue weighted by Gasteiger charge is -2.54. The fourth-order valence-electron chi connectivity index (χ4n) is 6.24. The van der Waals surface area contributed by atoms with Gasteiger partial charge in [-0.15, -0.1) is 0 Å². The van der Waals surface area contributed by atoms with E-state index in [4.69, 9.17) is 0 Å². The number of hydrogen-bond donors (Lipinski definition) is 0. The van der Waals surface area contributed by atoms with Gasteiger partial charge in [-0.2, -0.15) is 0 Å². The molecule has 0 radical (unpaired) electrons. The van der Waals surface area contributed by atoms with Crippen molar-refractivity contribution in [1.29, 1.82) is 0 Å². The third kappa shape index (κ3) is 2.36. The molecule has 2 saturated heterocycles. The lowest BCUT2D eigenvalue weighted by atomic mass is 9.67. The van der Waals surface area contributed by atoms with Crippen LogP contribution in [0, 0.1) is 16.7 Å². The second-order valence-corrected chi connectivity index (χ2v) is 9.90. The normalized spacial score (nSPS) is 37.8. The number of carbonyl (C=O) groups excluding carboxylic acids is 1. The Kier molecular flexibility index (Phi) is 3.90. The third-order valence-corrected chi connectivity index (χ3v) is 8.51. The van der Waals surface area contributed by atoms with Gasteiger partial charge in [0.05, 0.1) is 5.41 Å². The SMILES string of the molecule is C=C1C(C)(C)[C@H]2CC[C@]1(C(=O)N1CCN(C)C3(CCN(C)CC3)C1)C2. The number of piperazine rings is 1. The molecule has 0 aromatic rings. The number of likely N-dealkylation sites (tertiary alicyclic amines) is 1. The number of nitrogens with zero attached hydrogens (tertiary/aromatic N) is 3. The van der Waals surface area contributed by atoms with Crippen molar-refractivity contribution in [3.05, 3.63) is 12.2 Å². The van der Waals surface area contributed by atoms with Crippen molar-refractivity contribution < 1.29 is 4.79 Å². The summed E-state index contributed by atoms with van der Waals surface area (Å²) in [5.74, 6) is 1.05. The van der Waals surface area contributed by atoms with Gasteiger partial charge in [-0.05, 0) is 70.6 Å².